The second-order valence-corrected chi connectivity index (χ2v) is 7.64. The first-order valence-corrected chi connectivity index (χ1v) is 9.82. The number of hydrogen-bond donors (Lipinski definition) is 0. The Balaban J connectivity index is 1.40. The van der Waals surface area contributed by atoms with E-state index in [2.05, 4.69) is 9.88 Å². The van der Waals surface area contributed by atoms with E-state index >= 15 is 0 Å². The van der Waals surface area contributed by atoms with Crippen LogP contribution in [0.3, 0.4) is 0 Å². The summed E-state index contributed by atoms with van der Waals surface area (Å²) >= 11 is 1.70. The summed E-state index contributed by atoms with van der Waals surface area (Å²) in [6.07, 6.45) is 4.98. The van der Waals surface area contributed by atoms with E-state index < -0.39 is 0 Å². The van der Waals surface area contributed by atoms with E-state index in [0.29, 0.717) is 0 Å². The highest BCUT2D eigenvalue weighted by Gasteiger charge is 2.22. The molecule has 0 bridgehead atoms. The van der Waals surface area contributed by atoms with E-state index in [4.69, 9.17) is 4.74 Å². The Bertz CT molecular complexity index is 732. The van der Waals surface area contributed by atoms with Gasteiger partial charge in [0.25, 0.3) is 5.91 Å². The monoisotopic (exact) mass is 357 g/mol. The molecule has 0 saturated carbocycles. The van der Waals surface area contributed by atoms with Crippen LogP contribution in [0.5, 0.6) is 5.75 Å². The first kappa shape index (κ1) is 16.5. The van der Waals surface area contributed by atoms with Crippen LogP contribution in [0.1, 0.15) is 33.6 Å². The number of nitrogens with zero attached hydrogens (tertiary/aromatic N) is 3. The van der Waals surface area contributed by atoms with Gasteiger partial charge in [-0.15, -0.1) is 11.3 Å². The van der Waals surface area contributed by atoms with Gasteiger partial charge in [0.2, 0.25) is 0 Å². The van der Waals surface area contributed by atoms with Crippen LogP contribution in [0.4, 0.5) is 0 Å². The Labute approximate surface area is 152 Å². The molecule has 0 N–H and O–H groups in total. The average molecular weight is 357 g/mol. The average Bonchev–Trinajstić information content (AvgIpc) is 3.05. The van der Waals surface area contributed by atoms with Gasteiger partial charge in [-0.3, -0.25) is 14.7 Å². The van der Waals surface area contributed by atoms with Crippen LogP contribution in [-0.4, -0.2) is 53.5 Å². The van der Waals surface area contributed by atoms with Gasteiger partial charge in [0.1, 0.15) is 5.75 Å². The molecule has 0 atom stereocenters. The van der Waals surface area contributed by atoms with Crippen molar-refractivity contribution in [3.05, 3.63) is 45.9 Å². The third-order valence-electron chi connectivity index (χ3n) is 4.89. The summed E-state index contributed by atoms with van der Waals surface area (Å²) in [6, 6.07) is 5.89. The number of rotatable bonds is 3. The summed E-state index contributed by atoms with van der Waals surface area (Å²) in [5.41, 5.74) is 3.84. The molecule has 132 valence electrons. The normalized spacial score (nSPS) is 18.3. The standard InChI is InChI=1S/C19H23N3O2S/c23-19(16-4-5-18-15(11-16)3-1-10-24-18)22-7-2-6-21(8-9-22)13-17-12-20-14-25-17/h4-5,11-12,14H,1-3,6-10,13H2. The number of benzene rings is 1. The highest BCUT2D eigenvalue weighted by molar-refractivity contribution is 7.09. The smallest absolute Gasteiger partial charge is 0.253 e. The second-order valence-electron chi connectivity index (χ2n) is 6.66. The number of ether oxygens (including phenoxy) is 1. The van der Waals surface area contributed by atoms with E-state index in [0.717, 1.165) is 69.9 Å². The fraction of sp³-hybridized carbons (Fsp3) is 0.474. The van der Waals surface area contributed by atoms with E-state index in [1.54, 1.807) is 11.3 Å². The fourth-order valence-electron chi connectivity index (χ4n) is 3.55. The number of thiazole rings is 1. The number of hydrogen-bond acceptors (Lipinski definition) is 5. The van der Waals surface area contributed by atoms with Crippen molar-refractivity contribution in [2.24, 2.45) is 0 Å². The van der Waals surface area contributed by atoms with E-state index in [1.807, 2.05) is 34.8 Å². The molecule has 1 amide bonds. The van der Waals surface area contributed by atoms with E-state index in [9.17, 15) is 4.79 Å². The van der Waals surface area contributed by atoms with Crippen LogP contribution in [-0.2, 0) is 13.0 Å². The topological polar surface area (TPSA) is 45.7 Å². The van der Waals surface area contributed by atoms with Crippen molar-refractivity contribution in [3.8, 4) is 5.75 Å². The molecule has 0 spiro atoms. The van der Waals surface area contributed by atoms with Gasteiger partial charge in [0, 0.05) is 49.4 Å². The molecule has 1 fully saturated rings. The van der Waals surface area contributed by atoms with Gasteiger partial charge in [-0.25, -0.2) is 0 Å². The Kier molecular flexibility index (Phi) is 4.99. The van der Waals surface area contributed by atoms with Crippen LogP contribution >= 0.6 is 11.3 Å². The molecule has 4 rings (SSSR count). The molecule has 25 heavy (non-hydrogen) atoms. The van der Waals surface area contributed by atoms with Crippen molar-refractivity contribution in [2.45, 2.75) is 25.8 Å². The molecular formula is C19H23N3O2S. The largest absolute Gasteiger partial charge is 0.493 e. The van der Waals surface area contributed by atoms with Gasteiger partial charge in [-0.2, -0.15) is 0 Å². The first-order chi connectivity index (χ1) is 12.3. The van der Waals surface area contributed by atoms with Gasteiger partial charge in [0.15, 0.2) is 0 Å². The number of fused-ring (bicyclic) bond motifs is 1. The molecule has 1 saturated heterocycles. The number of amides is 1. The maximum absolute atomic E-state index is 12.9. The summed E-state index contributed by atoms with van der Waals surface area (Å²) < 4.78 is 5.65. The Morgan fingerprint density at radius 2 is 2.16 bits per heavy atom. The van der Waals surface area contributed by atoms with Crippen molar-refractivity contribution in [1.29, 1.82) is 0 Å². The van der Waals surface area contributed by atoms with Crippen LogP contribution in [0.25, 0.3) is 0 Å². The Morgan fingerprint density at radius 1 is 1.20 bits per heavy atom. The van der Waals surface area contributed by atoms with Gasteiger partial charge < -0.3 is 9.64 Å². The third-order valence-corrected chi connectivity index (χ3v) is 5.66. The Morgan fingerprint density at radius 3 is 3.04 bits per heavy atom. The number of carbonyl (C=O) groups is 1. The molecule has 0 aliphatic carbocycles. The number of carbonyl (C=O) groups excluding carboxylic acids is 1. The molecule has 1 aromatic carbocycles. The van der Waals surface area contributed by atoms with Crippen LogP contribution in [0.2, 0.25) is 0 Å². The van der Waals surface area contributed by atoms with Crippen molar-refractivity contribution >= 4 is 17.2 Å². The highest BCUT2D eigenvalue weighted by Crippen LogP contribution is 2.26. The van der Waals surface area contributed by atoms with Gasteiger partial charge in [-0.1, -0.05) is 0 Å². The predicted octanol–water partition coefficient (Wildman–Crippen LogP) is 2.82. The fourth-order valence-corrected chi connectivity index (χ4v) is 4.18. The lowest BCUT2D eigenvalue weighted by Crippen LogP contribution is -2.35. The molecular weight excluding hydrogens is 334 g/mol. The van der Waals surface area contributed by atoms with Crippen LogP contribution in [0.15, 0.2) is 29.9 Å². The zero-order valence-electron chi connectivity index (χ0n) is 14.3. The minimum absolute atomic E-state index is 0.146. The number of aryl methyl sites for hydroxylation is 1. The molecule has 0 unspecified atom stereocenters. The van der Waals surface area contributed by atoms with E-state index in [-0.39, 0.29) is 5.91 Å². The third kappa shape index (κ3) is 3.85. The first-order valence-electron chi connectivity index (χ1n) is 8.94. The van der Waals surface area contributed by atoms with Gasteiger partial charge in [0.05, 0.1) is 12.1 Å². The molecule has 1 aromatic heterocycles. The van der Waals surface area contributed by atoms with Gasteiger partial charge >= 0.3 is 0 Å². The zero-order valence-corrected chi connectivity index (χ0v) is 15.1. The second kappa shape index (κ2) is 7.54. The minimum Gasteiger partial charge on any atom is -0.493 e. The molecule has 5 nitrogen and oxygen atoms in total. The quantitative estimate of drug-likeness (QED) is 0.847. The molecule has 2 aromatic rings. The summed E-state index contributed by atoms with van der Waals surface area (Å²) in [7, 11) is 0. The predicted molar refractivity (Wildman–Crippen MR) is 98.2 cm³/mol. The molecule has 2 aliphatic heterocycles. The van der Waals surface area contributed by atoms with Crippen molar-refractivity contribution < 1.29 is 9.53 Å². The lowest BCUT2D eigenvalue weighted by atomic mass is 10.0. The highest BCUT2D eigenvalue weighted by atomic mass is 32.1. The molecule has 6 heteroatoms. The molecule has 0 radical (unpaired) electrons. The lowest BCUT2D eigenvalue weighted by molar-refractivity contribution is 0.0761. The van der Waals surface area contributed by atoms with Crippen LogP contribution < -0.4 is 4.74 Å². The molecule has 3 heterocycles. The summed E-state index contributed by atoms with van der Waals surface area (Å²) in [6.45, 7) is 5.26. The summed E-state index contributed by atoms with van der Waals surface area (Å²) in [4.78, 5) is 22.8. The van der Waals surface area contributed by atoms with Gasteiger partial charge in [-0.05, 0) is 43.0 Å². The maximum atomic E-state index is 12.9. The van der Waals surface area contributed by atoms with Crippen molar-refractivity contribution in [2.75, 3.05) is 32.8 Å². The SMILES string of the molecule is O=C(c1ccc2c(c1)CCCO2)N1CCCN(Cc2cncs2)CC1. The van der Waals surface area contributed by atoms with Crippen molar-refractivity contribution in [1.82, 2.24) is 14.8 Å². The lowest BCUT2D eigenvalue weighted by Gasteiger charge is -2.23. The molecule has 2 aliphatic rings. The maximum Gasteiger partial charge on any atom is 0.253 e. The Hall–Kier alpha value is -1.92. The van der Waals surface area contributed by atoms with Crippen molar-refractivity contribution in [3.63, 3.8) is 0 Å². The van der Waals surface area contributed by atoms with E-state index in [1.165, 1.54) is 10.4 Å². The summed E-state index contributed by atoms with van der Waals surface area (Å²) in [5.74, 6) is 1.09. The minimum atomic E-state index is 0.146. The zero-order chi connectivity index (χ0) is 17.1. The summed E-state index contributed by atoms with van der Waals surface area (Å²) in [5, 5.41) is 0. The van der Waals surface area contributed by atoms with Crippen LogP contribution in [0, 0.1) is 0 Å². The number of aromatic nitrogens is 1.